The van der Waals surface area contributed by atoms with Crippen LogP contribution in [-0.4, -0.2) is 33.8 Å². The van der Waals surface area contributed by atoms with Gasteiger partial charge in [-0.15, -0.1) is 0 Å². The van der Waals surface area contributed by atoms with E-state index in [4.69, 9.17) is 5.11 Å². The van der Waals surface area contributed by atoms with Crippen LogP contribution in [0.15, 0.2) is 0 Å². The molecule has 1 fully saturated rings. The molecule has 3 atom stereocenters. The van der Waals surface area contributed by atoms with Crippen molar-refractivity contribution in [3.05, 3.63) is 0 Å². The zero-order valence-electron chi connectivity index (χ0n) is 9.06. The van der Waals surface area contributed by atoms with Gasteiger partial charge in [-0.05, 0) is 6.92 Å². The summed E-state index contributed by atoms with van der Waals surface area (Å²) in [5, 5.41) is 8.60. The van der Waals surface area contributed by atoms with Crippen molar-refractivity contribution in [2.75, 3.05) is 0 Å². The smallest absolute Gasteiger partial charge is 0.305 e. The number of carbonyl (C=O) groups is 3. The maximum atomic E-state index is 11.7. The quantitative estimate of drug-likeness (QED) is 0.692. The zero-order valence-corrected chi connectivity index (χ0v) is 9.06. The maximum Gasteiger partial charge on any atom is 0.305 e. The SMILES string of the molecule is CC1C(=O)N(C(C)CC(=O)O)C(=O)C1C. The molecular weight excluding hydrogens is 198 g/mol. The van der Waals surface area contributed by atoms with E-state index in [2.05, 4.69) is 0 Å². The lowest BCUT2D eigenvalue weighted by molar-refractivity contribution is -0.144. The molecule has 1 heterocycles. The van der Waals surface area contributed by atoms with E-state index in [0.29, 0.717) is 0 Å². The molecule has 1 aliphatic heterocycles. The Bertz CT molecular complexity index is 293. The van der Waals surface area contributed by atoms with E-state index in [1.54, 1.807) is 20.8 Å². The summed E-state index contributed by atoms with van der Waals surface area (Å²) in [5.41, 5.74) is 0. The zero-order chi connectivity index (χ0) is 11.7. The van der Waals surface area contributed by atoms with Crippen molar-refractivity contribution in [3.8, 4) is 0 Å². The molecule has 15 heavy (non-hydrogen) atoms. The highest BCUT2D eigenvalue weighted by atomic mass is 16.4. The minimum Gasteiger partial charge on any atom is -0.481 e. The molecule has 0 aromatic heterocycles. The fraction of sp³-hybridized carbons (Fsp3) is 0.700. The number of carboxylic acids is 1. The second-order valence-electron chi connectivity index (χ2n) is 4.07. The predicted molar refractivity (Wildman–Crippen MR) is 51.9 cm³/mol. The molecule has 0 radical (unpaired) electrons. The number of hydrogen-bond acceptors (Lipinski definition) is 3. The summed E-state index contributed by atoms with van der Waals surface area (Å²) >= 11 is 0. The van der Waals surface area contributed by atoms with E-state index in [1.807, 2.05) is 0 Å². The molecule has 1 rings (SSSR count). The second-order valence-corrected chi connectivity index (χ2v) is 4.07. The molecule has 5 heteroatoms. The van der Waals surface area contributed by atoms with Crippen LogP contribution in [0.3, 0.4) is 0 Å². The first-order valence-corrected chi connectivity index (χ1v) is 4.95. The Hall–Kier alpha value is -1.39. The first-order valence-electron chi connectivity index (χ1n) is 4.95. The minimum absolute atomic E-state index is 0.198. The minimum atomic E-state index is -1.00. The van der Waals surface area contributed by atoms with E-state index in [1.165, 1.54) is 0 Å². The van der Waals surface area contributed by atoms with Crippen LogP contribution in [0.2, 0.25) is 0 Å². The Morgan fingerprint density at radius 3 is 2.07 bits per heavy atom. The van der Waals surface area contributed by atoms with E-state index >= 15 is 0 Å². The topological polar surface area (TPSA) is 74.7 Å². The largest absolute Gasteiger partial charge is 0.481 e. The molecule has 3 unspecified atom stereocenters. The van der Waals surface area contributed by atoms with Crippen LogP contribution < -0.4 is 0 Å². The van der Waals surface area contributed by atoms with Crippen LogP contribution >= 0.6 is 0 Å². The third kappa shape index (κ3) is 2.00. The highest BCUT2D eigenvalue weighted by Crippen LogP contribution is 2.27. The van der Waals surface area contributed by atoms with Crippen molar-refractivity contribution in [1.82, 2.24) is 4.90 Å². The Labute approximate surface area is 88.1 Å². The normalized spacial score (nSPS) is 28.3. The number of aliphatic carboxylic acids is 1. The third-order valence-corrected chi connectivity index (χ3v) is 2.91. The Balaban J connectivity index is 2.82. The summed E-state index contributed by atoms with van der Waals surface area (Å²) in [6.07, 6.45) is -0.198. The van der Waals surface area contributed by atoms with Crippen LogP contribution in [0.4, 0.5) is 0 Å². The van der Waals surface area contributed by atoms with Crippen LogP contribution in [-0.2, 0) is 14.4 Å². The van der Waals surface area contributed by atoms with Gasteiger partial charge in [0.05, 0.1) is 6.42 Å². The molecule has 1 saturated heterocycles. The van der Waals surface area contributed by atoms with E-state index in [-0.39, 0.29) is 30.1 Å². The lowest BCUT2D eigenvalue weighted by Crippen LogP contribution is -2.40. The first kappa shape index (κ1) is 11.7. The fourth-order valence-corrected chi connectivity index (χ4v) is 1.75. The number of carboxylic acid groups (broad SMARTS) is 1. The number of imide groups is 1. The third-order valence-electron chi connectivity index (χ3n) is 2.91. The molecular formula is C10H15NO4. The number of hydrogen-bond donors (Lipinski definition) is 1. The monoisotopic (exact) mass is 213 g/mol. The molecule has 2 amide bonds. The van der Waals surface area contributed by atoms with Gasteiger partial charge in [-0.3, -0.25) is 19.3 Å². The van der Waals surface area contributed by atoms with Crippen molar-refractivity contribution in [1.29, 1.82) is 0 Å². The summed E-state index contributed by atoms with van der Waals surface area (Å²) in [6, 6.07) is -0.560. The number of carbonyl (C=O) groups excluding carboxylic acids is 2. The van der Waals surface area contributed by atoms with Crippen LogP contribution in [0.1, 0.15) is 27.2 Å². The van der Waals surface area contributed by atoms with E-state index in [0.717, 1.165) is 4.90 Å². The van der Waals surface area contributed by atoms with Gasteiger partial charge in [-0.25, -0.2) is 0 Å². The van der Waals surface area contributed by atoms with Crippen molar-refractivity contribution in [3.63, 3.8) is 0 Å². The fourth-order valence-electron chi connectivity index (χ4n) is 1.75. The lowest BCUT2D eigenvalue weighted by atomic mass is 10.00. The van der Waals surface area contributed by atoms with E-state index < -0.39 is 12.0 Å². The van der Waals surface area contributed by atoms with Crippen molar-refractivity contribution in [2.24, 2.45) is 11.8 Å². The molecule has 0 spiro atoms. The Morgan fingerprint density at radius 1 is 1.33 bits per heavy atom. The van der Waals surface area contributed by atoms with Gasteiger partial charge in [-0.1, -0.05) is 13.8 Å². The van der Waals surface area contributed by atoms with Crippen LogP contribution in [0.5, 0.6) is 0 Å². The van der Waals surface area contributed by atoms with Gasteiger partial charge in [-0.2, -0.15) is 0 Å². The number of nitrogens with zero attached hydrogens (tertiary/aromatic N) is 1. The van der Waals surface area contributed by atoms with Crippen molar-refractivity contribution in [2.45, 2.75) is 33.2 Å². The molecule has 0 aromatic rings. The molecule has 0 aliphatic carbocycles. The summed E-state index contributed by atoms with van der Waals surface area (Å²) in [6.45, 7) is 4.96. The second kappa shape index (κ2) is 4.00. The Kier molecular flexibility index (Phi) is 3.12. The summed E-state index contributed by atoms with van der Waals surface area (Å²) in [7, 11) is 0. The summed E-state index contributed by atoms with van der Waals surface area (Å²) < 4.78 is 0. The number of amides is 2. The molecule has 5 nitrogen and oxygen atoms in total. The predicted octanol–water partition coefficient (Wildman–Crippen LogP) is 0.491. The summed E-state index contributed by atoms with van der Waals surface area (Å²) in [4.78, 5) is 34.9. The number of likely N-dealkylation sites (tertiary alicyclic amines) is 1. The standard InChI is InChI=1S/C10H15NO4/c1-5(4-8(12)13)11-9(14)6(2)7(3)10(11)15/h5-7H,4H2,1-3H3,(H,12,13). The molecule has 0 bridgehead atoms. The van der Waals surface area contributed by atoms with Crippen molar-refractivity contribution < 1.29 is 19.5 Å². The van der Waals surface area contributed by atoms with Gasteiger partial charge in [0.1, 0.15) is 0 Å². The molecule has 1 aliphatic rings. The summed E-state index contributed by atoms with van der Waals surface area (Å²) in [5.74, 6) is -2.21. The first-order chi connectivity index (χ1) is 6.86. The number of rotatable bonds is 3. The lowest BCUT2D eigenvalue weighted by Gasteiger charge is -2.21. The van der Waals surface area contributed by atoms with Crippen LogP contribution in [0.25, 0.3) is 0 Å². The highest BCUT2D eigenvalue weighted by molar-refractivity contribution is 6.05. The van der Waals surface area contributed by atoms with Gasteiger partial charge in [0.25, 0.3) is 0 Å². The molecule has 1 N–H and O–H groups in total. The average molecular weight is 213 g/mol. The average Bonchev–Trinajstić information content (AvgIpc) is 2.30. The van der Waals surface area contributed by atoms with Gasteiger partial charge in [0.15, 0.2) is 0 Å². The molecule has 0 saturated carbocycles. The van der Waals surface area contributed by atoms with Gasteiger partial charge in [0, 0.05) is 17.9 Å². The van der Waals surface area contributed by atoms with E-state index in [9.17, 15) is 14.4 Å². The Morgan fingerprint density at radius 2 is 1.73 bits per heavy atom. The highest BCUT2D eigenvalue weighted by Gasteiger charge is 2.44. The van der Waals surface area contributed by atoms with Gasteiger partial charge in [0.2, 0.25) is 11.8 Å². The van der Waals surface area contributed by atoms with Crippen molar-refractivity contribution >= 4 is 17.8 Å². The van der Waals surface area contributed by atoms with Gasteiger partial charge >= 0.3 is 5.97 Å². The van der Waals surface area contributed by atoms with Gasteiger partial charge < -0.3 is 5.11 Å². The molecule has 0 aromatic carbocycles. The maximum absolute atomic E-state index is 11.7. The van der Waals surface area contributed by atoms with Crippen LogP contribution in [0, 0.1) is 11.8 Å². The molecule has 84 valence electrons.